The number of aliphatic imine (C=N–C) groups is 1. The molecule has 5 rings (SSSR count). The first kappa shape index (κ1) is 23.4. The molecule has 176 valence electrons. The van der Waals surface area contributed by atoms with E-state index >= 15 is 0 Å². The summed E-state index contributed by atoms with van der Waals surface area (Å²) in [5.41, 5.74) is 6.79. The van der Waals surface area contributed by atoms with E-state index in [0.29, 0.717) is 10.3 Å². The van der Waals surface area contributed by atoms with E-state index in [2.05, 4.69) is 64.2 Å². The number of benzene rings is 2. The van der Waals surface area contributed by atoms with Gasteiger partial charge in [0.2, 0.25) is 5.17 Å². The summed E-state index contributed by atoms with van der Waals surface area (Å²) in [6.07, 6.45) is 2.78. The Morgan fingerprint density at radius 2 is 1.80 bits per heavy atom. The lowest BCUT2D eigenvalue weighted by molar-refractivity contribution is -0.114. The quantitative estimate of drug-likeness (QED) is 0.337. The molecule has 0 radical (unpaired) electrons. The van der Waals surface area contributed by atoms with Crippen molar-refractivity contribution in [3.05, 3.63) is 94.3 Å². The van der Waals surface area contributed by atoms with E-state index in [-0.39, 0.29) is 11.4 Å². The van der Waals surface area contributed by atoms with Crippen molar-refractivity contribution in [1.82, 2.24) is 9.47 Å². The first-order valence-corrected chi connectivity index (χ1v) is 13.2. The van der Waals surface area contributed by atoms with Gasteiger partial charge in [0, 0.05) is 22.8 Å². The number of aromatic nitrogens is 1. The van der Waals surface area contributed by atoms with E-state index in [1.165, 1.54) is 22.9 Å². The predicted molar refractivity (Wildman–Crippen MR) is 147 cm³/mol. The molecule has 35 heavy (non-hydrogen) atoms. The smallest absolute Gasteiger partial charge is 0.283 e. The van der Waals surface area contributed by atoms with Gasteiger partial charge in [0.1, 0.15) is 5.84 Å². The van der Waals surface area contributed by atoms with E-state index in [9.17, 15) is 4.79 Å². The van der Waals surface area contributed by atoms with Crippen LogP contribution in [0.4, 0.5) is 0 Å². The van der Waals surface area contributed by atoms with Crippen LogP contribution in [0.25, 0.3) is 11.8 Å². The monoisotopic (exact) mass is 499 g/mol. The van der Waals surface area contributed by atoms with Crippen molar-refractivity contribution >= 4 is 51.9 Å². The molecular weight excluding hydrogens is 474 g/mol. The van der Waals surface area contributed by atoms with Crippen LogP contribution in [0.1, 0.15) is 35.0 Å². The van der Waals surface area contributed by atoms with E-state index in [4.69, 9.17) is 5.41 Å². The van der Waals surface area contributed by atoms with Crippen LogP contribution in [0, 0.1) is 19.3 Å². The van der Waals surface area contributed by atoms with Crippen molar-refractivity contribution in [2.75, 3.05) is 0 Å². The molecule has 0 aliphatic carbocycles. The molecule has 3 aromatic rings. The highest BCUT2D eigenvalue weighted by Crippen LogP contribution is 2.33. The molecule has 0 fully saturated rings. The van der Waals surface area contributed by atoms with Gasteiger partial charge >= 0.3 is 0 Å². The lowest BCUT2D eigenvalue weighted by atomic mass is 10.1. The third kappa shape index (κ3) is 4.51. The van der Waals surface area contributed by atoms with E-state index < -0.39 is 5.91 Å². The van der Waals surface area contributed by atoms with Gasteiger partial charge in [-0.1, -0.05) is 61.2 Å². The maximum atomic E-state index is 12.9. The summed E-state index contributed by atoms with van der Waals surface area (Å²) in [6, 6.07) is 20.7. The summed E-state index contributed by atoms with van der Waals surface area (Å²) in [7, 11) is 0. The van der Waals surface area contributed by atoms with Crippen molar-refractivity contribution in [2.45, 2.75) is 32.9 Å². The molecule has 2 aliphatic rings. The molecule has 0 saturated heterocycles. The standard InChI is InChI=1S/C27H25N5OS2/c1-4-19-10-12-22(13-11-19)31-17(2)14-21(18(31)3)15-23-24(28)32-26(29-25(23)33)35-30-27(32)34-16-20-8-6-5-7-9-20/h5-15,28H,4,16H2,1-3H3. The molecule has 0 atom stereocenters. The topological polar surface area (TPSA) is 73.8 Å². The third-order valence-corrected chi connectivity index (χ3v) is 7.90. The zero-order valence-electron chi connectivity index (χ0n) is 19.8. The summed E-state index contributed by atoms with van der Waals surface area (Å²) in [5.74, 6) is 0.430. The number of fused-ring (bicyclic) bond motifs is 1. The average molecular weight is 500 g/mol. The van der Waals surface area contributed by atoms with Crippen LogP contribution >= 0.6 is 23.7 Å². The fourth-order valence-corrected chi connectivity index (χ4v) is 5.98. The highest BCUT2D eigenvalue weighted by Gasteiger charge is 2.37. The van der Waals surface area contributed by atoms with Crippen LogP contribution in [0.5, 0.6) is 0 Å². The van der Waals surface area contributed by atoms with E-state index in [1.807, 2.05) is 31.2 Å². The molecule has 0 unspecified atom stereocenters. The number of hydrogen-bond acceptors (Lipinski definition) is 5. The second-order valence-corrected chi connectivity index (χ2v) is 10.0. The van der Waals surface area contributed by atoms with Gasteiger partial charge in [-0.05, 0) is 61.2 Å². The van der Waals surface area contributed by atoms with Gasteiger partial charge in [0.25, 0.3) is 5.91 Å². The van der Waals surface area contributed by atoms with Crippen molar-refractivity contribution in [3.63, 3.8) is 0 Å². The number of thioether (sulfide) groups is 1. The normalized spacial score (nSPS) is 16.5. The Morgan fingerprint density at radius 1 is 1.06 bits per heavy atom. The largest absolute Gasteiger partial charge is 0.318 e. The molecule has 1 N–H and O–H groups in total. The summed E-state index contributed by atoms with van der Waals surface area (Å²) >= 11 is 2.68. The fraction of sp³-hybridized carbons (Fsp3) is 0.185. The van der Waals surface area contributed by atoms with Crippen LogP contribution in [0.15, 0.2) is 75.6 Å². The molecule has 0 spiro atoms. The van der Waals surface area contributed by atoms with Crippen LogP contribution in [-0.4, -0.2) is 31.5 Å². The fourth-order valence-electron chi connectivity index (χ4n) is 4.18. The highest BCUT2D eigenvalue weighted by atomic mass is 32.2. The van der Waals surface area contributed by atoms with Gasteiger partial charge in [0.15, 0.2) is 5.17 Å². The second-order valence-electron chi connectivity index (χ2n) is 8.36. The summed E-state index contributed by atoms with van der Waals surface area (Å²) in [4.78, 5) is 18.8. The number of carbonyl (C=O) groups excluding carboxylic acids is 1. The molecule has 8 heteroatoms. The number of nitrogens with one attached hydrogen (secondary N) is 1. The average Bonchev–Trinajstić information content (AvgIpc) is 3.40. The first-order chi connectivity index (χ1) is 17.0. The van der Waals surface area contributed by atoms with Gasteiger partial charge in [-0.3, -0.25) is 10.2 Å². The van der Waals surface area contributed by atoms with Crippen LogP contribution in [0.2, 0.25) is 0 Å². The maximum absolute atomic E-state index is 12.9. The zero-order chi connectivity index (χ0) is 24.5. The minimum atomic E-state index is -0.407. The van der Waals surface area contributed by atoms with Crippen molar-refractivity contribution < 1.29 is 4.79 Å². The van der Waals surface area contributed by atoms with Crippen molar-refractivity contribution in [1.29, 1.82) is 5.41 Å². The Balaban J connectivity index is 1.43. The summed E-state index contributed by atoms with van der Waals surface area (Å²) in [5, 5.41) is 9.96. The maximum Gasteiger partial charge on any atom is 0.283 e. The zero-order valence-corrected chi connectivity index (χ0v) is 21.4. The number of amidine groups is 3. The second kappa shape index (κ2) is 9.71. The highest BCUT2D eigenvalue weighted by molar-refractivity contribution is 8.18. The van der Waals surface area contributed by atoms with Gasteiger partial charge in [0.05, 0.1) is 17.5 Å². The molecule has 1 amide bonds. The Morgan fingerprint density at radius 3 is 2.51 bits per heavy atom. The third-order valence-electron chi connectivity index (χ3n) is 6.08. The van der Waals surface area contributed by atoms with Gasteiger partial charge in [-0.15, -0.1) is 0 Å². The molecule has 1 aromatic heterocycles. The van der Waals surface area contributed by atoms with E-state index in [0.717, 1.165) is 46.8 Å². The number of nitrogens with zero attached hydrogens (tertiary/aromatic N) is 4. The number of amides is 1. The molecule has 6 nitrogen and oxygen atoms in total. The predicted octanol–water partition coefficient (Wildman–Crippen LogP) is 6.17. The SMILES string of the molecule is CCc1ccc(-n2c(C)cc(C=C3C(=N)N4C(SCc5ccccc5)=NSC4=NC3=O)c2C)cc1. The van der Waals surface area contributed by atoms with Gasteiger partial charge in [-0.2, -0.15) is 9.39 Å². The van der Waals surface area contributed by atoms with Crippen LogP contribution in [-0.2, 0) is 17.0 Å². The van der Waals surface area contributed by atoms with Crippen molar-refractivity contribution in [2.24, 2.45) is 9.39 Å². The van der Waals surface area contributed by atoms with Crippen LogP contribution < -0.4 is 0 Å². The molecular formula is C27H25N5OS2. The molecule has 3 heterocycles. The number of carbonyl (C=O) groups is 1. The molecule has 0 bridgehead atoms. The lowest BCUT2D eigenvalue weighted by Crippen LogP contribution is -2.41. The van der Waals surface area contributed by atoms with Crippen molar-refractivity contribution in [3.8, 4) is 5.69 Å². The van der Waals surface area contributed by atoms with Crippen LogP contribution in [0.3, 0.4) is 0 Å². The Hall–Kier alpha value is -3.36. The lowest BCUT2D eigenvalue weighted by Gasteiger charge is -2.24. The first-order valence-electron chi connectivity index (χ1n) is 11.4. The van der Waals surface area contributed by atoms with E-state index in [1.54, 1.807) is 11.0 Å². The number of aryl methyl sites for hydroxylation is 2. The molecule has 2 aliphatic heterocycles. The summed E-state index contributed by atoms with van der Waals surface area (Å²) < 4.78 is 6.65. The minimum Gasteiger partial charge on any atom is -0.318 e. The molecule has 0 saturated carbocycles. The Labute approximate surface area is 213 Å². The number of rotatable bonds is 5. The Bertz CT molecular complexity index is 1400. The minimum absolute atomic E-state index is 0.112. The molecule has 2 aromatic carbocycles. The number of hydrogen-bond donors (Lipinski definition) is 1. The van der Waals surface area contributed by atoms with Gasteiger partial charge in [-0.25, -0.2) is 4.90 Å². The summed E-state index contributed by atoms with van der Waals surface area (Å²) in [6.45, 7) is 6.23. The van der Waals surface area contributed by atoms with Gasteiger partial charge < -0.3 is 4.57 Å². The Kier molecular flexibility index (Phi) is 6.49.